The SMILES string of the molecule is CCN(c1ccc2c(-c3ccccc3S(=O)(=O)C(C#N)C#N)c3cc/c(=[N+](/CC)c4c(C)cc(Cl)cc4C)cc-3oc2c1)c1c(C)cccc1C. The van der Waals surface area contributed by atoms with E-state index in [4.69, 9.17) is 16.0 Å². The summed E-state index contributed by atoms with van der Waals surface area (Å²) in [6.07, 6.45) is 0. The highest BCUT2D eigenvalue weighted by molar-refractivity contribution is 7.92. The van der Waals surface area contributed by atoms with Gasteiger partial charge < -0.3 is 9.32 Å². The molecule has 0 fully saturated rings. The number of anilines is 2. The molecule has 0 aromatic heterocycles. The van der Waals surface area contributed by atoms with E-state index in [1.807, 2.05) is 62.4 Å². The van der Waals surface area contributed by atoms with E-state index in [9.17, 15) is 18.9 Å². The van der Waals surface area contributed by atoms with Crippen molar-refractivity contribution in [1.29, 1.82) is 10.5 Å². The van der Waals surface area contributed by atoms with Gasteiger partial charge in [0.05, 0.1) is 23.1 Å². The van der Waals surface area contributed by atoms with Gasteiger partial charge in [-0.2, -0.15) is 15.1 Å². The standard InChI is InChI=1S/C42H38ClN4O3S/c1-7-46(41-26(3)12-11-13-27(41)4)31-16-18-34-37(22-31)50-38-23-32(47(8-2)42-28(5)20-30(43)21-29(42)6)17-19-35(38)40(34)36-14-9-10-15-39(36)51(48,49)33(24-44)25-45/h9-23,33H,7-8H2,1-6H3/q+1. The lowest BCUT2D eigenvalue weighted by Gasteiger charge is -2.27. The Morgan fingerprint density at radius 1 is 0.804 bits per heavy atom. The van der Waals surface area contributed by atoms with E-state index in [-0.39, 0.29) is 4.90 Å². The lowest BCUT2D eigenvalue weighted by Crippen LogP contribution is -2.26. The van der Waals surface area contributed by atoms with Crippen LogP contribution >= 0.6 is 11.6 Å². The van der Waals surface area contributed by atoms with E-state index in [0.717, 1.165) is 44.7 Å². The monoisotopic (exact) mass is 713 g/mol. The predicted octanol–water partition coefficient (Wildman–Crippen LogP) is 9.56. The average Bonchev–Trinajstić information content (AvgIpc) is 3.10. The zero-order chi connectivity index (χ0) is 36.6. The van der Waals surface area contributed by atoms with Gasteiger partial charge in [0.25, 0.3) is 0 Å². The van der Waals surface area contributed by atoms with Crippen molar-refractivity contribution in [1.82, 2.24) is 4.58 Å². The Hall–Kier alpha value is -5.41. The number of hydrogen-bond acceptors (Lipinski definition) is 6. The van der Waals surface area contributed by atoms with E-state index in [1.54, 1.807) is 30.3 Å². The number of fused-ring (bicyclic) bond motifs is 2. The van der Waals surface area contributed by atoms with Crippen molar-refractivity contribution in [3.05, 3.63) is 124 Å². The number of para-hydroxylation sites is 1. The van der Waals surface area contributed by atoms with Crippen molar-refractivity contribution in [2.45, 2.75) is 51.7 Å². The molecule has 7 nitrogen and oxygen atoms in total. The molecule has 1 aliphatic heterocycles. The molecule has 51 heavy (non-hydrogen) atoms. The number of sulfone groups is 1. The maximum Gasteiger partial charge on any atom is 0.237 e. The van der Waals surface area contributed by atoms with Gasteiger partial charge in [0.2, 0.25) is 26.1 Å². The summed E-state index contributed by atoms with van der Waals surface area (Å²) in [6.45, 7) is 13.8. The number of rotatable bonds is 8. The van der Waals surface area contributed by atoms with Gasteiger partial charge in [-0.3, -0.25) is 0 Å². The molecular formula is C42H38ClN4O3S+. The largest absolute Gasteiger partial charge is 0.456 e. The molecule has 0 saturated heterocycles. The smallest absolute Gasteiger partial charge is 0.237 e. The Labute approximate surface area is 304 Å². The number of benzene rings is 5. The molecule has 256 valence electrons. The quantitative estimate of drug-likeness (QED) is 0.115. The van der Waals surface area contributed by atoms with E-state index in [2.05, 4.69) is 55.4 Å². The number of nitriles is 2. The normalized spacial score (nSPS) is 12.2. The highest BCUT2D eigenvalue weighted by Gasteiger charge is 2.32. The molecule has 0 saturated carbocycles. The van der Waals surface area contributed by atoms with Crippen molar-refractivity contribution in [3.8, 4) is 34.6 Å². The second-order valence-electron chi connectivity index (χ2n) is 12.6. The molecule has 4 aromatic rings. The minimum atomic E-state index is -4.34. The van der Waals surface area contributed by atoms with Crippen LogP contribution in [0.2, 0.25) is 5.02 Å². The van der Waals surface area contributed by atoms with Gasteiger partial charge in [-0.25, -0.2) is 8.42 Å². The van der Waals surface area contributed by atoms with Crippen molar-refractivity contribution < 1.29 is 12.8 Å². The topological polar surface area (TPSA) is 101 Å². The molecule has 2 aliphatic rings. The molecule has 6 rings (SSSR count). The van der Waals surface area contributed by atoms with Crippen molar-refractivity contribution >= 4 is 49.5 Å². The third kappa shape index (κ3) is 6.27. The minimum Gasteiger partial charge on any atom is -0.456 e. The second kappa shape index (κ2) is 14.1. The molecule has 0 unspecified atom stereocenters. The van der Waals surface area contributed by atoms with Crippen LogP contribution in [-0.4, -0.2) is 26.8 Å². The van der Waals surface area contributed by atoms with Crippen LogP contribution in [0.3, 0.4) is 0 Å². The summed E-state index contributed by atoms with van der Waals surface area (Å²) in [5, 5.41) is 19.7. The summed E-state index contributed by atoms with van der Waals surface area (Å²) in [4.78, 5) is 2.15. The number of halogens is 1. The van der Waals surface area contributed by atoms with Crippen LogP contribution in [0.25, 0.3) is 33.4 Å². The Bertz CT molecular complexity index is 2520. The summed E-state index contributed by atoms with van der Waals surface area (Å²) in [5.41, 5.74) is 9.73. The Morgan fingerprint density at radius 2 is 1.47 bits per heavy atom. The molecule has 1 aliphatic carbocycles. The van der Waals surface area contributed by atoms with Gasteiger partial charge in [0.15, 0.2) is 0 Å². The van der Waals surface area contributed by atoms with Crippen LogP contribution in [0.4, 0.5) is 17.1 Å². The molecule has 0 atom stereocenters. The highest BCUT2D eigenvalue weighted by atomic mass is 35.5. The maximum atomic E-state index is 13.8. The van der Waals surface area contributed by atoms with Crippen molar-refractivity contribution in [2.75, 3.05) is 18.0 Å². The van der Waals surface area contributed by atoms with E-state index in [1.165, 1.54) is 6.07 Å². The van der Waals surface area contributed by atoms with Crippen LogP contribution in [0.5, 0.6) is 0 Å². The number of aryl methyl sites for hydroxylation is 4. The lowest BCUT2D eigenvalue weighted by atomic mass is 9.93. The second-order valence-corrected chi connectivity index (χ2v) is 15.1. The third-order valence-corrected chi connectivity index (χ3v) is 11.4. The van der Waals surface area contributed by atoms with Crippen molar-refractivity contribution in [2.24, 2.45) is 0 Å². The predicted molar refractivity (Wildman–Crippen MR) is 205 cm³/mol. The number of nitrogens with zero attached hydrogens (tertiary/aromatic N) is 4. The molecule has 0 N–H and O–H groups in total. The third-order valence-electron chi connectivity index (χ3n) is 9.39. The molecular weight excluding hydrogens is 676 g/mol. The zero-order valence-electron chi connectivity index (χ0n) is 29.5. The zero-order valence-corrected chi connectivity index (χ0v) is 31.0. The van der Waals surface area contributed by atoms with Gasteiger partial charge in [0, 0.05) is 68.3 Å². The van der Waals surface area contributed by atoms with Gasteiger partial charge >= 0.3 is 0 Å². The van der Waals surface area contributed by atoms with E-state index in [0.29, 0.717) is 51.5 Å². The van der Waals surface area contributed by atoms with Crippen molar-refractivity contribution in [3.63, 3.8) is 0 Å². The van der Waals surface area contributed by atoms with E-state index < -0.39 is 15.1 Å². The van der Waals surface area contributed by atoms with Gasteiger partial charge in [-0.15, -0.1) is 0 Å². The average molecular weight is 714 g/mol. The van der Waals surface area contributed by atoms with Crippen LogP contribution in [0.1, 0.15) is 36.1 Å². The molecule has 0 radical (unpaired) electrons. The molecule has 0 amide bonds. The minimum absolute atomic E-state index is 0.0895. The summed E-state index contributed by atoms with van der Waals surface area (Å²) in [7, 11) is -4.34. The Kier molecular flexibility index (Phi) is 9.77. The maximum absolute atomic E-state index is 13.8. The van der Waals surface area contributed by atoms with Crippen LogP contribution in [0, 0.1) is 50.4 Å². The first-order valence-electron chi connectivity index (χ1n) is 16.8. The van der Waals surface area contributed by atoms with E-state index >= 15 is 0 Å². The van der Waals surface area contributed by atoms with Crippen LogP contribution in [0.15, 0.2) is 100 Å². The van der Waals surface area contributed by atoms with Gasteiger partial charge in [-0.05, 0) is 89.1 Å². The summed E-state index contributed by atoms with van der Waals surface area (Å²) in [5.74, 6) is 0.550. The Morgan fingerprint density at radius 3 is 2.10 bits per heavy atom. The van der Waals surface area contributed by atoms with Crippen LogP contribution in [-0.2, 0) is 9.84 Å². The first-order valence-corrected chi connectivity index (χ1v) is 18.7. The lowest BCUT2D eigenvalue weighted by molar-refractivity contribution is 0.595. The van der Waals surface area contributed by atoms with Gasteiger partial charge in [0.1, 0.15) is 17.9 Å². The molecule has 0 spiro atoms. The summed E-state index contributed by atoms with van der Waals surface area (Å²) < 4.78 is 36.6. The Balaban J connectivity index is 1.72. The molecule has 0 bridgehead atoms. The fourth-order valence-corrected chi connectivity index (χ4v) is 8.81. The molecule has 4 aromatic carbocycles. The summed E-state index contributed by atoms with van der Waals surface area (Å²) >= 11 is 6.39. The summed E-state index contributed by atoms with van der Waals surface area (Å²) in [6, 6.07) is 31.9. The fraction of sp³-hybridized carbons (Fsp3) is 0.214. The highest BCUT2D eigenvalue weighted by Crippen LogP contribution is 2.44. The van der Waals surface area contributed by atoms with Gasteiger partial charge in [-0.1, -0.05) is 48.0 Å². The number of hydrogen-bond donors (Lipinski definition) is 0. The molecule has 9 heteroatoms. The molecule has 1 heterocycles. The fourth-order valence-electron chi connectivity index (χ4n) is 7.21. The first kappa shape index (κ1) is 35.4. The first-order chi connectivity index (χ1) is 24.4. The van der Waals surface area contributed by atoms with Crippen LogP contribution < -0.4 is 14.8 Å².